The van der Waals surface area contributed by atoms with E-state index in [4.69, 9.17) is 18.6 Å². The number of hydrogen-bond acceptors (Lipinski definition) is 9. The van der Waals surface area contributed by atoms with Crippen LogP contribution in [-0.4, -0.2) is 29.0 Å². The quantitative estimate of drug-likeness (QED) is 0.346. The summed E-state index contributed by atoms with van der Waals surface area (Å²) in [7, 11) is 1.60. The van der Waals surface area contributed by atoms with E-state index in [1.54, 1.807) is 19.2 Å². The van der Waals surface area contributed by atoms with Crippen LogP contribution < -0.4 is 9.47 Å². The Kier molecular flexibility index (Phi) is 5.13. The fraction of sp³-hybridized carbons (Fsp3) is 0.222. The number of benzene rings is 2. The van der Waals surface area contributed by atoms with Gasteiger partial charge in [-0.25, -0.2) is 0 Å². The van der Waals surface area contributed by atoms with E-state index in [-0.39, 0.29) is 19.1 Å². The zero-order valence-corrected chi connectivity index (χ0v) is 15.6. The van der Waals surface area contributed by atoms with Crippen LogP contribution in [0.15, 0.2) is 46.0 Å². The molecule has 2 heterocycles. The maximum absolute atomic E-state index is 11.2. The molecule has 1 aliphatic rings. The minimum atomic E-state index is -0.433. The number of nitrogens with zero attached hydrogens (tertiary/aromatic N) is 3. The lowest BCUT2D eigenvalue weighted by Crippen LogP contribution is -2.13. The summed E-state index contributed by atoms with van der Waals surface area (Å²) in [5.74, 6) is 2.11. The van der Waals surface area contributed by atoms with Gasteiger partial charge in [0.1, 0.15) is 11.5 Å². The van der Waals surface area contributed by atoms with Crippen LogP contribution in [0.25, 0.3) is 11.5 Å². The van der Waals surface area contributed by atoms with Gasteiger partial charge >= 0.3 is 0 Å². The molecule has 2 aromatic carbocycles. The number of aromatic nitrogens is 2. The highest BCUT2D eigenvalue weighted by Gasteiger charge is 2.21. The van der Waals surface area contributed by atoms with Crippen molar-refractivity contribution in [3.05, 3.63) is 57.6 Å². The van der Waals surface area contributed by atoms with Crippen molar-refractivity contribution in [3.63, 3.8) is 0 Å². The predicted molar refractivity (Wildman–Crippen MR) is 99.2 cm³/mol. The van der Waals surface area contributed by atoms with Gasteiger partial charge in [0, 0.05) is 34.6 Å². The fourth-order valence-electron chi connectivity index (χ4n) is 2.75. The van der Waals surface area contributed by atoms with Crippen LogP contribution in [-0.2, 0) is 17.1 Å². The summed E-state index contributed by atoms with van der Waals surface area (Å²) in [6, 6.07) is 10.2. The third-order valence-electron chi connectivity index (χ3n) is 4.08. The minimum Gasteiger partial charge on any atom is -0.497 e. The standard InChI is InChI=1S/C18H15N3O6S/c1-24-15-4-2-11(3-5-15)17-19-20-18(27-17)28-9-13-7-14(21(22)23)6-12-8-25-10-26-16(12)13/h2-7H,8-10H2,1H3. The number of ether oxygens (including phenoxy) is 3. The Balaban J connectivity index is 1.52. The first-order valence-corrected chi connectivity index (χ1v) is 9.24. The molecule has 28 heavy (non-hydrogen) atoms. The molecule has 0 saturated heterocycles. The summed E-state index contributed by atoms with van der Waals surface area (Å²) in [6.07, 6.45) is 0. The van der Waals surface area contributed by atoms with E-state index >= 15 is 0 Å². The second-order valence-electron chi connectivity index (χ2n) is 5.85. The van der Waals surface area contributed by atoms with Gasteiger partial charge in [-0.3, -0.25) is 10.1 Å². The number of methoxy groups -OCH3 is 1. The molecule has 0 spiro atoms. The average molecular weight is 401 g/mol. The highest BCUT2D eigenvalue weighted by atomic mass is 32.2. The number of fused-ring (bicyclic) bond motifs is 1. The van der Waals surface area contributed by atoms with Gasteiger partial charge in [0.15, 0.2) is 6.79 Å². The van der Waals surface area contributed by atoms with Crippen LogP contribution >= 0.6 is 11.8 Å². The van der Waals surface area contributed by atoms with Crippen molar-refractivity contribution < 1.29 is 23.6 Å². The van der Waals surface area contributed by atoms with Crippen molar-refractivity contribution in [2.24, 2.45) is 0 Å². The Labute approximate surface area is 163 Å². The molecular weight excluding hydrogens is 386 g/mol. The highest BCUT2D eigenvalue weighted by molar-refractivity contribution is 7.98. The molecule has 0 bridgehead atoms. The Bertz CT molecular complexity index is 1010. The van der Waals surface area contributed by atoms with E-state index in [9.17, 15) is 10.1 Å². The highest BCUT2D eigenvalue weighted by Crippen LogP contribution is 2.36. The third-order valence-corrected chi connectivity index (χ3v) is 4.94. The molecule has 9 nitrogen and oxygen atoms in total. The lowest BCUT2D eigenvalue weighted by molar-refractivity contribution is -0.385. The molecule has 1 aromatic heterocycles. The molecule has 1 aliphatic heterocycles. The van der Waals surface area contributed by atoms with Crippen molar-refractivity contribution >= 4 is 17.4 Å². The van der Waals surface area contributed by atoms with Gasteiger partial charge in [-0.1, -0.05) is 11.8 Å². The Morgan fingerprint density at radius 1 is 1.25 bits per heavy atom. The van der Waals surface area contributed by atoms with Crippen molar-refractivity contribution in [3.8, 4) is 23.0 Å². The van der Waals surface area contributed by atoms with Crippen molar-refractivity contribution in [2.45, 2.75) is 17.6 Å². The molecule has 144 valence electrons. The lowest BCUT2D eigenvalue weighted by Gasteiger charge is -2.20. The normalized spacial score (nSPS) is 12.9. The van der Waals surface area contributed by atoms with Gasteiger partial charge in [-0.15, -0.1) is 10.2 Å². The Morgan fingerprint density at radius 3 is 2.82 bits per heavy atom. The van der Waals surface area contributed by atoms with Crippen molar-refractivity contribution in [1.29, 1.82) is 0 Å². The van der Waals surface area contributed by atoms with Gasteiger partial charge < -0.3 is 18.6 Å². The number of nitro benzene ring substituents is 1. The summed E-state index contributed by atoms with van der Waals surface area (Å²) >= 11 is 1.28. The first-order valence-electron chi connectivity index (χ1n) is 8.25. The summed E-state index contributed by atoms with van der Waals surface area (Å²) in [5.41, 5.74) is 2.10. The zero-order chi connectivity index (χ0) is 19.5. The molecule has 0 unspecified atom stereocenters. The van der Waals surface area contributed by atoms with E-state index in [2.05, 4.69) is 10.2 Å². The number of non-ortho nitro benzene ring substituents is 1. The smallest absolute Gasteiger partial charge is 0.277 e. The lowest BCUT2D eigenvalue weighted by atomic mass is 10.1. The second kappa shape index (κ2) is 7.87. The topological polar surface area (TPSA) is 110 Å². The maximum atomic E-state index is 11.2. The first kappa shape index (κ1) is 18.3. The molecule has 3 aromatic rings. The number of rotatable bonds is 6. The summed E-state index contributed by atoms with van der Waals surface area (Å²) < 4.78 is 21.6. The van der Waals surface area contributed by atoms with Crippen LogP contribution in [0, 0.1) is 10.1 Å². The molecule has 0 aliphatic carbocycles. The number of nitro groups is 1. The molecule has 0 fully saturated rings. The fourth-order valence-corrected chi connectivity index (χ4v) is 3.48. The SMILES string of the molecule is COc1ccc(-c2nnc(SCc3cc([N+](=O)[O-])cc4c3OCOC4)o2)cc1. The van der Waals surface area contributed by atoms with E-state index in [1.165, 1.54) is 23.9 Å². The molecule has 0 saturated carbocycles. The average Bonchev–Trinajstić information content (AvgIpc) is 3.21. The van der Waals surface area contributed by atoms with Crippen LogP contribution in [0.4, 0.5) is 5.69 Å². The van der Waals surface area contributed by atoms with Gasteiger partial charge in [-0.05, 0) is 24.3 Å². The summed E-state index contributed by atoms with van der Waals surface area (Å²) in [6.45, 7) is 0.390. The number of hydrogen-bond donors (Lipinski definition) is 0. The zero-order valence-electron chi connectivity index (χ0n) is 14.8. The van der Waals surface area contributed by atoms with E-state index < -0.39 is 4.92 Å². The monoisotopic (exact) mass is 401 g/mol. The predicted octanol–water partition coefficient (Wildman–Crippen LogP) is 3.81. The first-order chi connectivity index (χ1) is 13.6. The third kappa shape index (κ3) is 3.78. The molecule has 0 N–H and O–H groups in total. The van der Waals surface area contributed by atoms with E-state index in [1.807, 2.05) is 12.1 Å². The summed E-state index contributed by atoms with van der Waals surface area (Å²) in [4.78, 5) is 10.8. The van der Waals surface area contributed by atoms with Gasteiger partial charge in [0.25, 0.3) is 10.9 Å². The Hall–Kier alpha value is -3.11. The molecule has 0 amide bonds. The molecule has 0 atom stereocenters. The van der Waals surface area contributed by atoms with Crippen molar-refractivity contribution in [2.75, 3.05) is 13.9 Å². The van der Waals surface area contributed by atoms with Crippen LogP contribution in [0.2, 0.25) is 0 Å². The van der Waals surface area contributed by atoms with Gasteiger partial charge in [0.05, 0.1) is 18.6 Å². The maximum Gasteiger partial charge on any atom is 0.277 e. The van der Waals surface area contributed by atoms with Gasteiger partial charge in [0.2, 0.25) is 5.89 Å². The van der Waals surface area contributed by atoms with Crippen molar-refractivity contribution in [1.82, 2.24) is 10.2 Å². The minimum absolute atomic E-state index is 0.00657. The van der Waals surface area contributed by atoms with E-state index in [0.717, 1.165) is 11.3 Å². The molecular formula is C18H15N3O6S. The van der Waals surface area contributed by atoms with Crippen LogP contribution in [0.5, 0.6) is 11.5 Å². The molecule has 10 heteroatoms. The molecule has 4 rings (SSSR count). The van der Waals surface area contributed by atoms with Gasteiger partial charge in [-0.2, -0.15) is 0 Å². The second-order valence-corrected chi connectivity index (χ2v) is 6.78. The van der Waals surface area contributed by atoms with Crippen LogP contribution in [0.1, 0.15) is 11.1 Å². The Morgan fingerprint density at radius 2 is 2.07 bits per heavy atom. The largest absolute Gasteiger partial charge is 0.497 e. The number of thioether (sulfide) groups is 1. The van der Waals surface area contributed by atoms with E-state index in [0.29, 0.717) is 33.7 Å². The molecule has 0 radical (unpaired) electrons. The summed E-state index contributed by atoms with van der Waals surface area (Å²) in [5, 5.41) is 19.6. The van der Waals surface area contributed by atoms with Crippen LogP contribution in [0.3, 0.4) is 0 Å².